The van der Waals surface area contributed by atoms with Gasteiger partial charge in [0.05, 0.1) is 27.7 Å². The molecular weight excluding hydrogens is 677 g/mol. The number of phosphoric ester groups is 1. The maximum Gasteiger partial charge on any atom is 0.306 e. The zero-order valence-electron chi connectivity index (χ0n) is 33.2. The molecule has 0 fully saturated rings. The van der Waals surface area contributed by atoms with Crippen molar-refractivity contribution in [2.24, 2.45) is 0 Å². The molecule has 0 bridgehead atoms. The van der Waals surface area contributed by atoms with Crippen LogP contribution in [0.5, 0.6) is 0 Å². The second kappa shape index (κ2) is 34.2. The van der Waals surface area contributed by atoms with Crippen molar-refractivity contribution in [3.8, 4) is 0 Å². The van der Waals surface area contributed by atoms with Crippen molar-refractivity contribution >= 4 is 19.8 Å². The number of likely N-dealkylation sites (N-methyl/N-ethyl adjacent to an activating group) is 1. The zero-order valence-corrected chi connectivity index (χ0v) is 34.1. The Morgan fingerprint density at radius 1 is 0.615 bits per heavy atom. The number of esters is 2. The predicted molar refractivity (Wildman–Crippen MR) is 213 cm³/mol. The van der Waals surface area contributed by atoms with Crippen LogP contribution in [0.1, 0.15) is 129 Å². The summed E-state index contributed by atoms with van der Waals surface area (Å²) in [5, 5.41) is 0. The van der Waals surface area contributed by atoms with Gasteiger partial charge < -0.3 is 27.9 Å². The molecule has 0 N–H and O–H groups in total. The Balaban J connectivity index is 4.56. The van der Waals surface area contributed by atoms with Crippen LogP contribution in [0.3, 0.4) is 0 Å². The Morgan fingerprint density at radius 3 is 1.71 bits per heavy atom. The van der Waals surface area contributed by atoms with Gasteiger partial charge in [0, 0.05) is 12.8 Å². The minimum atomic E-state index is -4.64. The molecule has 9 nitrogen and oxygen atoms in total. The summed E-state index contributed by atoms with van der Waals surface area (Å²) in [4.78, 5) is 37.3. The first-order valence-electron chi connectivity index (χ1n) is 19.6. The van der Waals surface area contributed by atoms with Gasteiger partial charge in [-0.05, 0) is 70.6 Å². The molecule has 1 unspecified atom stereocenters. The van der Waals surface area contributed by atoms with Crippen molar-refractivity contribution in [2.45, 2.75) is 136 Å². The first kappa shape index (κ1) is 49.5. The van der Waals surface area contributed by atoms with Gasteiger partial charge in [0.2, 0.25) is 0 Å². The molecule has 52 heavy (non-hydrogen) atoms. The Hall–Kier alpha value is -2.55. The Bertz CT molecular complexity index is 1120. The lowest BCUT2D eigenvalue weighted by Gasteiger charge is -2.28. The Morgan fingerprint density at radius 2 is 1.12 bits per heavy atom. The molecule has 0 aromatic rings. The molecule has 10 heteroatoms. The number of quaternary nitrogens is 1. The van der Waals surface area contributed by atoms with Gasteiger partial charge in [-0.15, -0.1) is 0 Å². The summed E-state index contributed by atoms with van der Waals surface area (Å²) in [6.07, 6.45) is 40.8. The van der Waals surface area contributed by atoms with Gasteiger partial charge in [0.1, 0.15) is 19.8 Å². The second-order valence-corrected chi connectivity index (χ2v) is 15.3. The van der Waals surface area contributed by atoms with E-state index in [-0.39, 0.29) is 26.1 Å². The van der Waals surface area contributed by atoms with Crippen molar-refractivity contribution in [3.63, 3.8) is 0 Å². The number of hydrogen-bond donors (Lipinski definition) is 0. The molecule has 2 atom stereocenters. The lowest BCUT2D eigenvalue weighted by atomic mass is 10.1. The van der Waals surface area contributed by atoms with Gasteiger partial charge in [0.15, 0.2) is 6.10 Å². The fourth-order valence-electron chi connectivity index (χ4n) is 4.61. The van der Waals surface area contributed by atoms with Crippen LogP contribution in [0, 0.1) is 0 Å². The van der Waals surface area contributed by atoms with Gasteiger partial charge >= 0.3 is 11.9 Å². The maximum absolute atomic E-state index is 12.6. The quantitative estimate of drug-likeness (QED) is 0.0210. The number of ether oxygens (including phenoxy) is 2. The largest absolute Gasteiger partial charge is 0.756 e. The highest BCUT2D eigenvalue weighted by atomic mass is 31.2. The van der Waals surface area contributed by atoms with Gasteiger partial charge in [-0.1, -0.05) is 119 Å². The van der Waals surface area contributed by atoms with E-state index in [1.165, 1.54) is 12.8 Å². The Kier molecular flexibility index (Phi) is 32.6. The molecule has 0 heterocycles. The number of phosphoric acid groups is 1. The molecule has 0 saturated heterocycles. The zero-order chi connectivity index (χ0) is 38.6. The third kappa shape index (κ3) is 37.2. The van der Waals surface area contributed by atoms with Crippen LogP contribution in [0.15, 0.2) is 72.9 Å². The van der Waals surface area contributed by atoms with Crippen LogP contribution in [0.25, 0.3) is 0 Å². The average Bonchev–Trinajstić information content (AvgIpc) is 3.09. The summed E-state index contributed by atoms with van der Waals surface area (Å²) in [6.45, 7) is 3.96. The van der Waals surface area contributed by atoms with Crippen LogP contribution in [-0.4, -0.2) is 70.0 Å². The first-order chi connectivity index (χ1) is 25.0. The normalized spacial score (nSPS) is 14.5. The van der Waals surface area contributed by atoms with E-state index in [9.17, 15) is 19.0 Å². The number of carbonyl (C=O) groups is 2. The molecule has 0 saturated carbocycles. The lowest BCUT2D eigenvalue weighted by Crippen LogP contribution is -2.37. The van der Waals surface area contributed by atoms with E-state index in [1.54, 1.807) is 0 Å². The topological polar surface area (TPSA) is 111 Å². The fraction of sp³-hybridized carbons (Fsp3) is 0.667. The Labute approximate surface area is 317 Å². The van der Waals surface area contributed by atoms with Crippen LogP contribution in [-0.2, 0) is 32.7 Å². The van der Waals surface area contributed by atoms with Crippen LogP contribution in [0.2, 0.25) is 0 Å². The second-order valence-electron chi connectivity index (χ2n) is 13.9. The summed E-state index contributed by atoms with van der Waals surface area (Å²) in [6, 6.07) is 0. The predicted octanol–water partition coefficient (Wildman–Crippen LogP) is 10.0. The van der Waals surface area contributed by atoms with Crippen LogP contribution >= 0.6 is 7.82 Å². The third-order valence-corrected chi connectivity index (χ3v) is 8.67. The average molecular weight is 750 g/mol. The van der Waals surface area contributed by atoms with Gasteiger partial charge in [0.25, 0.3) is 7.82 Å². The van der Waals surface area contributed by atoms with E-state index in [0.717, 1.165) is 70.6 Å². The van der Waals surface area contributed by atoms with Gasteiger partial charge in [-0.25, -0.2) is 0 Å². The number of unbranched alkanes of at least 4 members (excludes halogenated alkanes) is 8. The molecule has 0 aliphatic heterocycles. The summed E-state index contributed by atoms with van der Waals surface area (Å²) in [5.41, 5.74) is 0. The third-order valence-electron chi connectivity index (χ3n) is 7.71. The lowest BCUT2D eigenvalue weighted by molar-refractivity contribution is -0.870. The maximum atomic E-state index is 12.6. The minimum absolute atomic E-state index is 0.0465. The van der Waals surface area contributed by atoms with Gasteiger partial charge in [-0.3, -0.25) is 14.2 Å². The fourth-order valence-corrected chi connectivity index (χ4v) is 5.34. The number of hydrogen-bond acceptors (Lipinski definition) is 8. The van der Waals surface area contributed by atoms with E-state index in [0.29, 0.717) is 30.3 Å². The standard InChI is InChI=1S/C42H72NO8P/c1-6-8-10-12-14-16-18-19-20-21-22-23-25-27-29-31-33-35-42(45)51-40(39-50-52(46,47)49-37-36-43(3,4)5)38-48-41(44)34-32-30-28-26-24-17-15-13-11-9-7-2/h8,10,13-16,19-20,22-23,27,29,40H,6-7,9,11-12,17-18,21,24-26,28,30-39H2,1-5H3/b10-8-,15-13-,16-14-,20-19-,23-22-,29-27-/t40-/m1/s1. The smallest absolute Gasteiger partial charge is 0.306 e. The van der Waals surface area contributed by atoms with Crippen molar-refractivity contribution in [1.29, 1.82) is 0 Å². The summed E-state index contributed by atoms with van der Waals surface area (Å²) < 4.78 is 33.7. The summed E-state index contributed by atoms with van der Waals surface area (Å²) in [7, 11) is 1.11. The molecule has 0 aliphatic rings. The minimum Gasteiger partial charge on any atom is -0.756 e. The van der Waals surface area contributed by atoms with Crippen molar-refractivity contribution < 1.29 is 42.1 Å². The molecule has 0 radical (unpaired) electrons. The van der Waals surface area contributed by atoms with E-state index in [1.807, 2.05) is 27.2 Å². The van der Waals surface area contributed by atoms with E-state index >= 15 is 0 Å². The van der Waals surface area contributed by atoms with Gasteiger partial charge in [-0.2, -0.15) is 0 Å². The number of allylic oxidation sites excluding steroid dienone is 12. The monoisotopic (exact) mass is 749 g/mol. The molecule has 0 aromatic carbocycles. The number of nitrogens with zero attached hydrogens (tertiary/aromatic N) is 1. The number of carbonyl (C=O) groups excluding carboxylic acids is 2. The first-order valence-corrected chi connectivity index (χ1v) is 21.1. The van der Waals surface area contributed by atoms with Crippen LogP contribution < -0.4 is 4.89 Å². The molecule has 298 valence electrons. The van der Waals surface area contributed by atoms with Crippen molar-refractivity contribution in [2.75, 3.05) is 47.5 Å². The van der Waals surface area contributed by atoms with Crippen molar-refractivity contribution in [1.82, 2.24) is 0 Å². The summed E-state index contributed by atoms with van der Waals surface area (Å²) >= 11 is 0. The number of rotatable bonds is 34. The molecule has 0 amide bonds. The molecule has 0 aromatic heterocycles. The summed E-state index contributed by atoms with van der Waals surface area (Å²) in [5.74, 6) is -0.924. The van der Waals surface area contributed by atoms with E-state index in [4.69, 9.17) is 18.5 Å². The van der Waals surface area contributed by atoms with E-state index in [2.05, 4.69) is 80.7 Å². The highest BCUT2D eigenvalue weighted by Gasteiger charge is 2.21. The molecular formula is C42H72NO8P. The molecule has 0 aliphatic carbocycles. The molecule has 0 rings (SSSR count). The van der Waals surface area contributed by atoms with E-state index < -0.39 is 32.5 Å². The molecule has 0 spiro atoms. The van der Waals surface area contributed by atoms with Crippen molar-refractivity contribution in [3.05, 3.63) is 72.9 Å². The SMILES string of the molecule is CC/C=C\C/C=C\C/C=C\C/C=C\C/C=C\CCCC(=O)O[C@H](COC(=O)CCCCCCC/C=C\CCCC)COP(=O)([O-])OCC[N+](C)(C)C. The van der Waals surface area contributed by atoms with Crippen LogP contribution in [0.4, 0.5) is 0 Å². The highest BCUT2D eigenvalue weighted by Crippen LogP contribution is 2.38. The highest BCUT2D eigenvalue weighted by molar-refractivity contribution is 7.45.